The molecule has 28 heavy (non-hydrogen) atoms. The number of carbonyl (C=O) groups is 1. The van der Waals surface area contributed by atoms with Gasteiger partial charge in [0.2, 0.25) is 0 Å². The Morgan fingerprint density at radius 1 is 1.11 bits per heavy atom. The van der Waals surface area contributed by atoms with Gasteiger partial charge in [-0.3, -0.25) is 9.59 Å². The molecular weight excluding hydrogens is 356 g/mol. The minimum atomic E-state index is -0.450. The number of hydrogen-bond donors (Lipinski definition) is 2. The number of fused-ring (bicyclic) bond motifs is 1. The first kappa shape index (κ1) is 18.2. The van der Waals surface area contributed by atoms with E-state index in [1.165, 1.54) is 32.1 Å². The predicted octanol–water partition coefficient (Wildman–Crippen LogP) is 3.53. The highest BCUT2D eigenvalue weighted by atomic mass is 16.5. The Balaban J connectivity index is 1.54. The standard InChI is InChI=1S/C21H22N4O3/c26-20-16-10-5-4-9-15(16)18(24-25-20)21(27)23-19-17(11-6-12-22-19)28-13-14-7-2-1-3-8-14/h4-6,9-12,14H,1-3,7-8,13H2,(H,25,26)(H,22,23,27). The molecule has 1 aliphatic rings. The fourth-order valence-electron chi connectivity index (χ4n) is 3.62. The third-order valence-corrected chi connectivity index (χ3v) is 5.11. The molecule has 4 rings (SSSR count). The molecule has 1 amide bonds. The number of amides is 1. The summed E-state index contributed by atoms with van der Waals surface area (Å²) in [6.07, 6.45) is 7.74. The van der Waals surface area contributed by atoms with Gasteiger partial charge >= 0.3 is 0 Å². The second-order valence-corrected chi connectivity index (χ2v) is 7.07. The molecule has 1 aliphatic carbocycles. The zero-order valence-corrected chi connectivity index (χ0v) is 15.5. The Labute approximate surface area is 162 Å². The molecule has 0 bridgehead atoms. The quantitative estimate of drug-likeness (QED) is 0.708. The zero-order chi connectivity index (χ0) is 19.3. The van der Waals surface area contributed by atoms with E-state index in [-0.39, 0.29) is 11.3 Å². The zero-order valence-electron chi connectivity index (χ0n) is 15.5. The fourth-order valence-corrected chi connectivity index (χ4v) is 3.62. The third kappa shape index (κ3) is 3.88. The molecule has 0 unspecified atom stereocenters. The normalized spacial score (nSPS) is 14.7. The maximum absolute atomic E-state index is 12.8. The fraction of sp³-hybridized carbons (Fsp3) is 0.333. The van der Waals surface area contributed by atoms with Crippen molar-refractivity contribution in [3.63, 3.8) is 0 Å². The number of hydrogen-bond acceptors (Lipinski definition) is 5. The predicted molar refractivity (Wildman–Crippen MR) is 107 cm³/mol. The van der Waals surface area contributed by atoms with Crippen molar-refractivity contribution in [1.29, 1.82) is 0 Å². The number of pyridine rings is 1. The largest absolute Gasteiger partial charge is 0.489 e. The number of aromatic nitrogens is 3. The van der Waals surface area contributed by atoms with Crippen LogP contribution in [-0.2, 0) is 0 Å². The van der Waals surface area contributed by atoms with Gasteiger partial charge in [-0.1, -0.05) is 37.5 Å². The molecule has 7 heteroatoms. The van der Waals surface area contributed by atoms with Gasteiger partial charge in [0.1, 0.15) is 0 Å². The average molecular weight is 378 g/mol. The number of H-pyrrole nitrogens is 1. The van der Waals surface area contributed by atoms with E-state index in [0.717, 1.165) is 0 Å². The Morgan fingerprint density at radius 3 is 2.71 bits per heavy atom. The number of rotatable bonds is 5. The van der Waals surface area contributed by atoms with Crippen molar-refractivity contribution in [2.45, 2.75) is 32.1 Å². The van der Waals surface area contributed by atoms with Gasteiger partial charge in [-0.25, -0.2) is 10.1 Å². The Morgan fingerprint density at radius 2 is 1.89 bits per heavy atom. The third-order valence-electron chi connectivity index (χ3n) is 5.11. The van der Waals surface area contributed by atoms with E-state index in [0.29, 0.717) is 34.9 Å². The lowest BCUT2D eigenvalue weighted by Gasteiger charge is -2.22. The molecule has 2 N–H and O–H groups in total. The topological polar surface area (TPSA) is 97.0 Å². The highest BCUT2D eigenvalue weighted by molar-refractivity contribution is 6.11. The molecule has 0 aliphatic heterocycles. The number of aromatic amines is 1. The lowest BCUT2D eigenvalue weighted by atomic mass is 9.90. The van der Waals surface area contributed by atoms with Crippen LogP contribution in [0, 0.1) is 5.92 Å². The Bertz CT molecular complexity index is 1040. The number of nitrogens with one attached hydrogen (secondary N) is 2. The number of ether oxygens (including phenoxy) is 1. The smallest absolute Gasteiger partial charge is 0.278 e. The van der Waals surface area contributed by atoms with Crippen molar-refractivity contribution in [2.75, 3.05) is 11.9 Å². The van der Waals surface area contributed by atoms with Crippen LogP contribution in [0.4, 0.5) is 5.82 Å². The SMILES string of the molecule is O=C(Nc1ncccc1OCC1CCCCC1)c1n[nH]c(=O)c2ccccc12. The van der Waals surface area contributed by atoms with Crippen LogP contribution in [0.3, 0.4) is 0 Å². The average Bonchev–Trinajstić information content (AvgIpc) is 2.74. The summed E-state index contributed by atoms with van der Waals surface area (Å²) >= 11 is 0. The first-order valence-corrected chi connectivity index (χ1v) is 9.59. The van der Waals surface area contributed by atoms with E-state index in [9.17, 15) is 9.59 Å². The van der Waals surface area contributed by atoms with Gasteiger partial charge in [0.05, 0.1) is 12.0 Å². The number of nitrogens with zero attached hydrogens (tertiary/aromatic N) is 2. The first-order valence-electron chi connectivity index (χ1n) is 9.59. The van der Waals surface area contributed by atoms with Gasteiger partial charge in [-0.05, 0) is 37.0 Å². The molecule has 0 radical (unpaired) electrons. The van der Waals surface area contributed by atoms with Crippen LogP contribution in [0.25, 0.3) is 10.8 Å². The monoisotopic (exact) mass is 378 g/mol. The molecule has 0 saturated heterocycles. The van der Waals surface area contributed by atoms with Crippen LogP contribution in [0.5, 0.6) is 5.75 Å². The van der Waals surface area contributed by atoms with Crippen LogP contribution in [0.15, 0.2) is 47.4 Å². The second kappa shape index (κ2) is 8.21. The van der Waals surface area contributed by atoms with Crippen molar-refractivity contribution in [3.8, 4) is 5.75 Å². The van der Waals surface area contributed by atoms with Crippen LogP contribution in [0.2, 0.25) is 0 Å². The van der Waals surface area contributed by atoms with Gasteiger partial charge in [0.15, 0.2) is 17.3 Å². The second-order valence-electron chi connectivity index (χ2n) is 7.07. The number of carbonyl (C=O) groups excluding carboxylic acids is 1. The maximum atomic E-state index is 12.8. The first-order chi connectivity index (χ1) is 13.7. The van der Waals surface area contributed by atoms with E-state index in [1.807, 2.05) is 0 Å². The molecule has 7 nitrogen and oxygen atoms in total. The van der Waals surface area contributed by atoms with E-state index in [4.69, 9.17) is 4.74 Å². The molecule has 1 fully saturated rings. The van der Waals surface area contributed by atoms with Crippen LogP contribution in [-0.4, -0.2) is 27.7 Å². The van der Waals surface area contributed by atoms with Crippen molar-refractivity contribution in [3.05, 3.63) is 58.6 Å². The molecule has 1 aromatic carbocycles. The molecular formula is C21H22N4O3. The summed E-state index contributed by atoms with van der Waals surface area (Å²) in [5, 5.41) is 9.98. The van der Waals surface area contributed by atoms with E-state index < -0.39 is 5.91 Å². The van der Waals surface area contributed by atoms with E-state index in [1.54, 1.807) is 42.6 Å². The van der Waals surface area contributed by atoms with E-state index >= 15 is 0 Å². The van der Waals surface area contributed by atoms with Gasteiger partial charge < -0.3 is 10.1 Å². The van der Waals surface area contributed by atoms with Crippen LogP contribution in [0.1, 0.15) is 42.6 Å². The van der Waals surface area contributed by atoms with Crippen molar-refractivity contribution >= 4 is 22.5 Å². The van der Waals surface area contributed by atoms with Gasteiger partial charge in [0, 0.05) is 11.6 Å². The summed E-state index contributed by atoms with van der Waals surface area (Å²) in [6.45, 7) is 0.619. The molecule has 0 spiro atoms. The summed E-state index contributed by atoms with van der Waals surface area (Å²) in [7, 11) is 0. The summed E-state index contributed by atoms with van der Waals surface area (Å²) in [6, 6.07) is 10.4. The Hall–Kier alpha value is -3.22. The van der Waals surface area contributed by atoms with Gasteiger partial charge in [-0.2, -0.15) is 5.10 Å². The highest BCUT2D eigenvalue weighted by Crippen LogP contribution is 2.27. The molecule has 1 saturated carbocycles. The lowest BCUT2D eigenvalue weighted by Crippen LogP contribution is -2.21. The Kier molecular flexibility index (Phi) is 5.32. The summed E-state index contributed by atoms with van der Waals surface area (Å²) < 4.78 is 5.96. The summed E-state index contributed by atoms with van der Waals surface area (Å²) in [5.74, 6) is 0.978. The summed E-state index contributed by atoms with van der Waals surface area (Å²) in [5.41, 5.74) is -0.194. The van der Waals surface area contributed by atoms with E-state index in [2.05, 4.69) is 20.5 Å². The van der Waals surface area contributed by atoms with Crippen LogP contribution < -0.4 is 15.6 Å². The van der Waals surface area contributed by atoms with Crippen LogP contribution >= 0.6 is 0 Å². The highest BCUT2D eigenvalue weighted by Gasteiger charge is 2.18. The molecule has 3 aromatic rings. The minimum absolute atomic E-state index is 0.138. The lowest BCUT2D eigenvalue weighted by molar-refractivity contribution is 0.102. The minimum Gasteiger partial charge on any atom is -0.489 e. The van der Waals surface area contributed by atoms with Gasteiger partial charge in [0.25, 0.3) is 11.5 Å². The molecule has 144 valence electrons. The van der Waals surface area contributed by atoms with Crippen molar-refractivity contribution < 1.29 is 9.53 Å². The summed E-state index contributed by atoms with van der Waals surface area (Å²) in [4.78, 5) is 29.0. The van der Waals surface area contributed by atoms with Crippen molar-refractivity contribution in [1.82, 2.24) is 15.2 Å². The molecule has 0 atom stereocenters. The van der Waals surface area contributed by atoms with Crippen molar-refractivity contribution in [2.24, 2.45) is 5.92 Å². The maximum Gasteiger partial charge on any atom is 0.278 e. The number of benzene rings is 1. The van der Waals surface area contributed by atoms with Gasteiger partial charge in [-0.15, -0.1) is 0 Å². The number of anilines is 1. The molecule has 2 aromatic heterocycles. The molecule has 2 heterocycles.